The molecule has 0 radical (unpaired) electrons. The van der Waals surface area contributed by atoms with Crippen molar-refractivity contribution in [2.75, 3.05) is 32.8 Å². The highest BCUT2D eigenvalue weighted by atomic mass is 35.5. The van der Waals surface area contributed by atoms with E-state index in [1.165, 1.54) is 16.9 Å². The van der Waals surface area contributed by atoms with Crippen LogP contribution in [-0.4, -0.2) is 53.1 Å². The van der Waals surface area contributed by atoms with Crippen molar-refractivity contribution in [1.82, 2.24) is 19.8 Å². The SMILES string of the molecule is Cl.Cl.O=C(c1cc2c(s1)CCOC21CCNCC1)N1CCCC(Cn2ccnc2)C1. The van der Waals surface area contributed by atoms with Crippen molar-refractivity contribution >= 4 is 42.1 Å². The Labute approximate surface area is 194 Å². The van der Waals surface area contributed by atoms with Crippen molar-refractivity contribution in [3.63, 3.8) is 0 Å². The molecule has 5 rings (SSSR count). The molecule has 3 aliphatic heterocycles. The minimum absolute atomic E-state index is 0. The molecule has 2 aromatic heterocycles. The van der Waals surface area contributed by atoms with Crippen LogP contribution >= 0.6 is 36.2 Å². The molecule has 1 N–H and O–H groups in total. The molecular formula is C21H30Cl2N4O2S. The van der Waals surface area contributed by atoms with E-state index in [-0.39, 0.29) is 36.3 Å². The second-order valence-corrected chi connectivity index (χ2v) is 9.45. The zero-order chi connectivity index (χ0) is 19.0. The topological polar surface area (TPSA) is 59.4 Å². The average Bonchev–Trinajstić information content (AvgIpc) is 3.39. The molecule has 166 valence electrons. The van der Waals surface area contributed by atoms with Crippen molar-refractivity contribution in [1.29, 1.82) is 0 Å². The van der Waals surface area contributed by atoms with Crippen LogP contribution in [0.1, 0.15) is 45.8 Å². The van der Waals surface area contributed by atoms with Gasteiger partial charge in [-0.25, -0.2) is 4.98 Å². The van der Waals surface area contributed by atoms with Gasteiger partial charge < -0.3 is 19.5 Å². The number of hydrogen-bond donors (Lipinski definition) is 1. The van der Waals surface area contributed by atoms with Crippen molar-refractivity contribution in [3.8, 4) is 0 Å². The van der Waals surface area contributed by atoms with E-state index in [1.807, 2.05) is 18.7 Å². The van der Waals surface area contributed by atoms with Crippen LogP contribution in [0.3, 0.4) is 0 Å². The summed E-state index contributed by atoms with van der Waals surface area (Å²) in [5.74, 6) is 0.708. The summed E-state index contributed by atoms with van der Waals surface area (Å²) < 4.78 is 8.41. The first kappa shape index (κ1) is 23.5. The molecule has 0 aliphatic carbocycles. The van der Waals surface area contributed by atoms with Crippen LogP contribution in [0.4, 0.5) is 0 Å². The number of likely N-dealkylation sites (tertiary alicyclic amines) is 1. The van der Waals surface area contributed by atoms with Crippen molar-refractivity contribution < 1.29 is 9.53 Å². The first-order valence-corrected chi connectivity index (χ1v) is 11.3. The van der Waals surface area contributed by atoms with E-state index in [2.05, 4.69) is 25.8 Å². The largest absolute Gasteiger partial charge is 0.370 e. The lowest BCUT2D eigenvalue weighted by molar-refractivity contribution is -0.0792. The number of fused-ring (bicyclic) bond motifs is 2. The number of thiophene rings is 1. The van der Waals surface area contributed by atoms with Gasteiger partial charge in [0.05, 0.1) is 23.4 Å². The Hall–Kier alpha value is -1.12. The maximum absolute atomic E-state index is 13.3. The van der Waals surface area contributed by atoms with Gasteiger partial charge in [-0.1, -0.05) is 0 Å². The van der Waals surface area contributed by atoms with E-state index in [4.69, 9.17) is 4.74 Å². The second-order valence-electron chi connectivity index (χ2n) is 8.31. The summed E-state index contributed by atoms with van der Waals surface area (Å²) in [6.45, 7) is 5.40. The number of aromatic nitrogens is 2. The number of hydrogen-bond acceptors (Lipinski definition) is 5. The number of ether oxygens (including phenoxy) is 1. The lowest BCUT2D eigenvalue weighted by Crippen LogP contribution is -2.44. The third-order valence-electron chi connectivity index (χ3n) is 6.46. The lowest BCUT2D eigenvalue weighted by atomic mass is 9.83. The number of rotatable bonds is 3. The maximum atomic E-state index is 13.3. The van der Waals surface area contributed by atoms with Gasteiger partial charge in [-0.05, 0) is 56.3 Å². The summed E-state index contributed by atoms with van der Waals surface area (Å²) in [7, 11) is 0. The van der Waals surface area contributed by atoms with E-state index in [9.17, 15) is 4.79 Å². The standard InChI is InChI=1S/C21H28N4O2S.2ClH/c26-20(25-9-1-2-16(14-25)13-24-10-8-23-15-24)19-12-17-18(28-19)3-11-27-21(17)4-6-22-7-5-21;;/h8,10,12,15-16,22H,1-7,9,11,13-14H2;2*1H. The number of halogens is 2. The summed E-state index contributed by atoms with van der Waals surface area (Å²) in [4.78, 5) is 21.8. The minimum atomic E-state index is -0.167. The summed E-state index contributed by atoms with van der Waals surface area (Å²) in [6.07, 6.45) is 10.9. The summed E-state index contributed by atoms with van der Waals surface area (Å²) >= 11 is 1.70. The van der Waals surface area contributed by atoms with Crippen LogP contribution in [-0.2, 0) is 23.3 Å². The third kappa shape index (κ3) is 4.55. The number of piperidine rings is 2. The Morgan fingerprint density at radius 1 is 1.33 bits per heavy atom. The molecule has 2 fully saturated rings. The predicted octanol–water partition coefficient (Wildman–Crippen LogP) is 3.49. The molecule has 2 aromatic rings. The molecule has 6 nitrogen and oxygen atoms in total. The monoisotopic (exact) mass is 472 g/mol. The van der Waals surface area contributed by atoms with Gasteiger partial charge in [0.1, 0.15) is 0 Å². The van der Waals surface area contributed by atoms with Crippen LogP contribution in [0.25, 0.3) is 0 Å². The molecule has 1 atom stereocenters. The maximum Gasteiger partial charge on any atom is 0.263 e. The number of nitrogens with zero attached hydrogens (tertiary/aromatic N) is 3. The lowest BCUT2D eigenvalue weighted by Gasteiger charge is -2.40. The van der Waals surface area contributed by atoms with E-state index in [0.717, 1.165) is 69.9 Å². The van der Waals surface area contributed by atoms with E-state index in [0.29, 0.717) is 5.92 Å². The van der Waals surface area contributed by atoms with Gasteiger partial charge in [-0.15, -0.1) is 36.2 Å². The first-order chi connectivity index (χ1) is 13.7. The Morgan fingerprint density at radius 2 is 2.17 bits per heavy atom. The highest BCUT2D eigenvalue weighted by Crippen LogP contribution is 2.43. The van der Waals surface area contributed by atoms with Crippen molar-refractivity contribution in [2.45, 2.75) is 44.2 Å². The molecule has 30 heavy (non-hydrogen) atoms. The van der Waals surface area contributed by atoms with Gasteiger partial charge in [-0.3, -0.25) is 4.79 Å². The Morgan fingerprint density at radius 3 is 2.93 bits per heavy atom. The molecule has 0 bridgehead atoms. The average molecular weight is 473 g/mol. The highest BCUT2D eigenvalue weighted by molar-refractivity contribution is 7.14. The Kier molecular flexibility index (Phi) is 7.85. The van der Waals surface area contributed by atoms with Crippen LogP contribution in [0.5, 0.6) is 0 Å². The van der Waals surface area contributed by atoms with Gasteiger partial charge in [0.25, 0.3) is 5.91 Å². The second kappa shape index (κ2) is 10.0. The quantitative estimate of drug-likeness (QED) is 0.742. The zero-order valence-corrected chi connectivity index (χ0v) is 19.5. The molecule has 1 amide bonds. The number of amides is 1. The molecule has 0 aromatic carbocycles. The van der Waals surface area contributed by atoms with Crippen molar-refractivity contribution in [2.24, 2.45) is 5.92 Å². The predicted molar refractivity (Wildman–Crippen MR) is 123 cm³/mol. The zero-order valence-electron chi connectivity index (χ0n) is 17.0. The minimum Gasteiger partial charge on any atom is -0.370 e. The fourth-order valence-corrected chi connectivity index (χ4v) is 6.21. The fraction of sp³-hybridized carbons (Fsp3) is 0.619. The fourth-order valence-electron chi connectivity index (χ4n) is 5.01. The molecule has 9 heteroatoms. The number of carbonyl (C=O) groups is 1. The summed E-state index contributed by atoms with van der Waals surface area (Å²) in [5.41, 5.74) is 1.13. The summed E-state index contributed by atoms with van der Waals surface area (Å²) in [6, 6.07) is 2.16. The molecule has 0 saturated carbocycles. The van der Waals surface area contributed by atoms with Gasteiger partial charge in [0.15, 0.2) is 0 Å². The van der Waals surface area contributed by atoms with Gasteiger partial charge >= 0.3 is 0 Å². The van der Waals surface area contributed by atoms with Gasteiger partial charge in [0, 0.05) is 43.3 Å². The van der Waals surface area contributed by atoms with Crippen LogP contribution < -0.4 is 5.32 Å². The number of carbonyl (C=O) groups excluding carboxylic acids is 1. The van der Waals surface area contributed by atoms with E-state index >= 15 is 0 Å². The number of imidazole rings is 1. The molecule has 2 saturated heterocycles. The molecule has 1 spiro atoms. The van der Waals surface area contributed by atoms with Crippen LogP contribution in [0, 0.1) is 5.92 Å². The molecular weight excluding hydrogens is 443 g/mol. The normalized spacial score (nSPS) is 22.7. The Balaban J connectivity index is 0.00000128. The highest BCUT2D eigenvalue weighted by Gasteiger charge is 2.41. The first-order valence-electron chi connectivity index (χ1n) is 10.5. The summed E-state index contributed by atoms with van der Waals surface area (Å²) in [5, 5.41) is 3.43. The molecule has 1 unspecified atom stereocenters. The molecule has 5 heterocycles. The molecule has 3 aliphatic rings. The van der Waals surface area contributed by atoms with E-state index in [1.54, 1.807) is 11.3 Å². The van der Waals surface area contributed by atoms with Gasteiger partial charge in [-0.2, -0.15) is 0 Å². The smallest absolute Gasteiger partial charge is 0.263 e. The van der Waals surface area contributed by atoms with Gasteiger partial charge in [0.2, 0.25) is 0 Å². The van der Waals surface area contributed by atoms with Crippen molar-refractivity contribution in [3.05, 3.63) is 40.1 Å². The number of nitrogens with one attached hydrogen (secondary N) is 1. The Bertz CT molecular complexity index is 836. The van der Waals surface area contributed by atoms with E-state index < -0.39 is 0 Å². The van der Waals surface area contributed by atoms with Crippen LogP contribution in [0.2, 0.25) is 0 Å². The third-order valence-corrected chi connectivity index (χ3v) is 7.65. The van der Waals surface area contributed by atoms with Crippen LogP contribution in [0.15, 0.2) is 24.8 Å².